The first-order chi connectivity index (χ1) is 6.63. The molecule has 90 valence electrons. The molecule has 15 heavy (non-hydrogen) atoms. The Bertz CT molecular complexity index is 210. The fourth-order valence-corrected chi connectivity index (χ4v) is 0.750. The van der Waals surface area contributed by atoms with Gasteiger partial charge in [0.25, 0.3) is 0 Å². The molecule has 0 N–H and O–H groups in total. The molecule has 0 aromatic rings. The predicted molar refractivity (Wildman–Crippen MR) is 36.7 cm³/mol. The Hall–Kier alpha value is -0.950. The number of hydrogen-bond acceptors (Lipinski definition) is 1. The molecule has 1 atom stereocenters. The molecular formula is C7H7F7O. The SMILES string of the molecule is C=COC(CC(F)F)C(F)(F)C(F)(F)F. The minimum atomic E-state index is -5.93. The number of ether oxygens (including phenoxy) is 1. The third kappa shape index (κ3) is 3.60. The van der Waals surface area contributed by atoms with Gasteiger partial charge in [-0.1, -0.05) is 6.58 Å². The van der Waals surface area contributed by atoms with Crippen LogP contribution in [-0.4, -0.2) is 24.6 Å². The van der Waals surface area contributed by atoms with E-state index in [0.29, 0.717) is 0 Å². The quantitative estimate of drug-likeness (QED) is 0.528. The van der Waals surface area contributed by atoms with Gasteiger partial charge in [-0.3, -0.25) is 0 Å². The second kappa shape index (κ2) is 4.71. The Labute approximate surface area is 80.5 Å². The molecule has 1 nitrogen and oxygen atoms in total. The lowest BCUT2D eigenvalue weighted by molar-refractivity contribution is -0.316. The smallest absolute Gasteiger partial charge is 0.457 e. The molecular weight excluding hydrogens is 233 g/mol. The van der Waals surface area contributed by atoms with E-state index in [1.807, 2.05) is 0 Å². The summed E-state index contributed by atoms with van der Waals surface area (Å²) in [4.78, 5) is 0. The first kappa shape index (κ1) is 14.0. The number of rotatable bonds is 5. The number of hydrogen-bond donors (Lipinski definition) is 0. The van der Waals surface area contributed by atoms with Gasteiger partial charge in [0, 0.05) is 0 Å². The first-order valence-electron chi connectivity index (χ1n) is 3.62. The van der Waals surface area contributed by atoms with Crippen molar-refractivity contribution in [3.05, 3.63) is 12.8 Å². The fourth-order valence-electron chi connectivity index (χ4n) is 0.750. The molecule has 0 bridgehead atoms. The van der Waals surface area contributed by atoms with Gasteiger partial charge in [-0.15, -0.1) is 0 Å². The Morgan fingerprint density at radius 1 is 1.13 bits per heavy atom. The highest BCUT2D eigenvalue weighted by atomic mass is 19.4. The lowest BCUT2D eigenvalue weighted by Crippen LogP contribution is -2.48. The minimum absolute atomic E-state index is 0.271. The zero-order chi connectivity index (χ0) is 12.3. The molecule has 0 aliphatic carbocycles. The molecule has 0 heterocycles. The molecule has 1 unspecified atom stereocenters. The molecule has 0 fully saturated rings. The summed E-state index contributed by atoms with van der Waals surface area (Å²) < 4.78 is 87.4. The summed E-state index contributed by atoms with van der Waals surface area (Å²) >= 11 is 0. The van der Waals surface area contributed by atoms with Crippen molar-refractivity contribution in [3.63, 3.8) is 0 Å². The molecule has 0 saturated carbocycles. The van der Waals surface area contributed by atoms with Gasteiger partial charge in [-0.05, 0) is 0 Å². The summed E-state index contributed by atoms with van der Waals surface area (Å²) in [5.41, 5.74) is 0. The van der Waals surface area contributed by atoms with Crippen LogP contribution in [0.4, 0.5) is 30.7 Å². The normalized spacial score (nSPS) is 15.2. The van der Waals surface area contributed by atoms with Gasteiger partial charge in [0.2, 0.25) is 6.43 Å². The molecule has 0 spiro atoms. The number of halogens is 7. The third-order valence-electron chi connectivity index (χ3n) is 1.44. The maximum atomic E-state index is 12.5. The summed E-state index contributed by atoms with van der Waals surface area (Å²) in [5.74, 6) is -5.34. The summed E-state index contributed by atoms with van der Waals surface area (Å²) in [6, 6.07) is 0. The zero-order valence-corrected chi connectivity index (χ0v) is 7.20. The van der Waals surface area contributed by atoms with E-state index in [0.717, 1.165) is 0 Å². The zero-order valence-electron chi connectivity index (χ0n) is 7.20. The Morgan fingerprint density at radius 3 is 1.87 bits per heavy atom. The first-order valence-corrected chi connectivity index (χ1v) is 3.62. The van der Waals surface area contributed by atoms with Gasteiger partial charge >= 0.3 is 12.1 Å². The topological polar surface area (TPSA) is 9.23 Å². The van der Waals surface area contributed by atoms with Crippen LogP contribution in [0.25, 0.3) is 0 Å². The monoisotopic (exact) mass is 240 g/mol. The van der Waals surface area contributed by atoms with E-state index >= 15 is 0 Å². The Morgan fingerprint density at radius 2 is 1.60 bits per heavy atom. The standard InChI is InChI=1S/C7H7F7O/c1-2-15-4(3-5(8)9)6(10,11)7(12,13)14/h2,4-5H,1,3H2. The number of alkyl halides is 7. The van der Waals surface area contributed by atoms with Crippen LogP contribution >= 0.6 is 0 Å². The van der Waals surface area contributed by atoms with Crippen LogP contribution in [0.1, 0.15) is 6.42 Å². The van der Waals surface area contributed by atoms with E-state index in [1.165, 1.54) is 0 Å². The van der Waals surface area contributed by atoms with Gasteiger partial charge in [0.05, 0.1) is 12.7 Å². The molecule has 0 radical (unpaired) electrons. The summed E-state index contributed by atoms with van der Waals surface area (Å²) in [6.45, 7) is 2.74. The van der Waals surface area contributed by atoms with Crippen molar-refractivity contribution in [1.29, 1.82) is 0 Å². The Kier molecular flexibility index (Phi) is 4.42. The average molecular weight is 240 g/mol. The maximum absolute atomic E-state index is 12.5. The van der Waals surface area contributed by atoms with Crippen LogP contribution in [0.3, 0.4) is 0 Å². The molecule has 0 saturated heterocycles. The highest BCUT2D eigenvalue weighted by molar-refractivity contribution is 4.87. The van der Waals surface area contributed by atoms with E-state index in [-0.39, 0.29) is 6.26 Å². The van der Waals surface area contributed by atoms with E-state index < -0.39 is 31.0 Å². The average Bonchev–Trinajstić information content (AvgIpc) is 2.00. The van der Waals surface area contributed by atoms with Crippen LogP contribution in [0.15, 0.2) is 12.8 Å². The van der Waals surface area contributed by atoms with Crippen molar-refractivity contribution in [3.8, 4) is 0 Å². The van der Waals surface area contributed by atoms with Gasteiger partial charge in [-0.25, -0.2) is 8.78 Å². The van der Waals surface area contributed by atoms with E-state index in [1.54, 1.807) is 0 Å². The largest absolute Gasteiger partial charge is 0.492 e. The molecule has 8 heteroatoms. The summed E-state index contributed by atoms with van der Waals surface area (Å²) in [7, 11) is 0. The van der Waals surface area contributed by atoms with E-state index in [9.17, 15) is 30.7 Å². The lowest BCUT2D eigenvalue weighted by Gasteiger charge is -2.27. The second-order valence-electron chi connectivity index (χ2n) is 2.54. The molecule has 0 amide bonds. The van der Waals surface area contributed by atoms with Crippen LogP contribution in [0, 0.1) is 0 Å². The van der Waals surface area contributed by atoms with Crippen molar-refractivity contribution in [2.24, 2.45) is 0 Å². The molecule has 0 aromatic heterocycles. The summed E-state index contributed by atoms with van der Waals surface area (Å²) in [6.07, 6.45) is -13.7. The fraction of sp³-hybridized carbons (Fsp3) is 0.714. The highest BCUT2D eigenvalue weighted by Crippen LogP contribution is 2.41. The minimum Gasteiger partial charge on any atom is -0.492 e. The van der Waals surface area contributed by atoms with Crippen molar-refractivity contribution < 1.29 is 35.5 Å². The van der Waals surface area contributed by atoms with Gasteiger partial charge in [-0.2, -0.15) is 22.0 Å². The van der Waals surface area contributed by atoms with Crippen LogP contribution in [0.5, 0.6) is 0 Å². The molecule has 0 aromatic carbocycles. The second-order valence-corrected chi connectivity index (χ2v) is 2.54. The molecule has 0 aliphatic rings. The highest BCUT2D eigenvalue weighted by Gasteiger charge is 2.64. The van der Waals surface area contributed by atoms with Gasteiger partial charge < -0.3 is 4.74 Å². The molecule has 0 aliphatic heterocycles. The van der Waals surface area contributed by atoms with Crippen molar-refractivity contribution >= 4 is 0 Å². The predicted octanol–water partition coefficient (Wildman–Crippen LogP) is 3.37. The lowest BCUT2D eigenvalue weighted by atomic mass is 10.1. The Balaban J connectivity index is 4.80. The van der Waals surface area contributed by atoms with Crippen molar-refractivity contribution in [2.75, 3.05) is 0 Å². The van der Waals surface area contributed by atoms with Crippen molar-refractivity contribution in [1.82, 2.24) is 0 Å². The van der Waals surface area contributed by atoms with Crippen molar-refractivity contribution in [2.45, 2.75) is 31.0 Å². The summed E-state index contributed by atoms with van der Waals surface area (Å²) in [5, 5.41) is 0. The third-order valence-corrected chi connectivity index (χ3v) is 1.44. The van der Waals surface area contributed by atoms with Crippen LogP contribution in [0.2, 0.25) is 0 Å². The van der Waals surface area contributed by atoms with Gasteiger partial charge in [0.15, 0.2) is 6.10 Å². The van der Waals surface area contributed by atoms with E-state index in [2.05, 4.69) is 11.3 Å². The van der Waals surface area contributed by atoms with Gasteiger partial charge in [0.1, 0.15) is 0 Å². The maximum Gasteiger partial charge on any atom is 0.457 e. The molecule has 0 rings (SSSR count). The van der Waals surface area contributed by atoms with Crippen LogP contribution < -0.4 is 0 Å². The van der Waals surface area contributed by atoms with Crippen LogP contribution in [-0.2, 0) is 4.74 Å². The van der Waals surface area contributed by atoms with E-state index in [4.69, 9.17) is 0 Å².